The zero-order chi connectivity index (χ0) is 24.1. The van der Waals surface area contributed by atoms with Crippen molar-refractivity contribution < 1.29 is 4.79 Å². The molecule has 2 atom stereocenters. The molecule has 1 aliphatic heterocycles. The zero-order valence-corrected chi connectivity index (χ0v) is 20.4. The maximum Gasteiger partial charge on any atom is 0.332 e. The van der Waals surface area contributed by atoms with Crippen molar-refractivity contribution in [2.75, 3.05) is 26.2 Å². The maximum atomic E-state index is 14.0. The number of carbonyl (C=O) groups excluding carboxylic acids is 1. The number of nitrogens with zero attached hydrogens (tertiary/aromatic N) is 4. The van der Waals surface area contributed by atoms with E-state index in [1.54, 1.807) is 6.33 Å². The number of unbranched alkanes of at least 4 members (excludes halogenated alkanes) is 1. The molecule has 1 aromatic heterocycles. The van der Waals surface area contributed by atoms with Gasteiger partial charge in [0.15, 0.2) is 0 Å². The van der Waals surface area contributed by atoms with E-state index in [1.807, 2.05) is 30.5 Å². The Labute approximate surface area is 202 Å². The molecule has 176 valence electrons. The highest BCUT2D eigenvalue weighted by Gasteiger charge is 2.45. The summed E-state index contributed by atoms with van der Waals surface area (Å²) in [7, 11) is 0. The average Bonchev–Trinajstić information content (AvgIpc) is 3.39. The molecule has 1 unspecified atom stereocenters. The molecule has 1 saturated heterocycles. The van der Waals surface area contributed by atoms with Gasteiger partial charge in [-0.05, 0) is 56.0 Å². The number of amides is 1. The Bertz CT molecular complexity index is 1160. The third-order valence-corrected chi connectivity index (χ3v) is 7.35. The number of hydrogen-bond acceptors (Lipinski definition) is 4. The van der Waals surface area contributed by atoms with Crippen molar-refractivity contribution in [1.29, 1.82) is 5.26 Å². The number of carbonyl (C=O) groups is 1. The SMILES string of the molecule is CCCC[N@@+]1(c2cccc(C)c2C)CCN(C(Cc2ccc(C#N)cc2)c2cnc[nH]2)CC1=O. The van der Waals surface area contributed by atoms with Crippen LogP contribution in [0.4, 0.5) is 5.69 Å². The predicted molar refractivity (Wildman–Crippen MR) is 135 cm³/mol. The Morgan fingerprint density at radius 2 is 2.00 bits per heavy atom. The summed E-state index contributed by atoms with van der Waals surface area (Å²) in [4.78, 5) is 23.8. The van der Waals surface area contributed by atoms with Crippen LogP contribution in [0, 0.1) is 25.2 Å². The first-order chi connectivity index (χ1) is 16.5. The lowest BCUT2D eigenvalue weighted by Crippen LogP contribution is -2.65. The van der Waals surface area contributed by atoms with Gasteiger partial charge < -0.3 is 4.98 Å². The quantitative estimate of drug-likeness (QED) is 0.493. The Morgan fingerprint density at radius 3 is 2.65 bits per heavy atom. The summed E-state index contributed by atoms with van der Waals surface area (Å²) in [5, 5.41) is 9.12. The molecule has 2 aromatic carbocycles. The van der Waals surface area contributed by atoms with Gasteiger partial charge in [0.2, 0.25) is 0 Å². The highest BCUT2D eigenvalue weighted by atomic mass is 16.2. The lowest BCUT2D eigenvalue weighted by molar-refractivity contribution is -0.136. The van der Waals surface area contributed by atoms with Gasteiger partial charge in [0.1, 0.15) is 18.8 Å². The molecular weight excluding hydrogens is 422 g/mol. The minimum absolute atomic E-state index is 0.0198. The zero-order valence-electron chi connectivity index (χ0n) is 20.4. The van der Waals surface area contributed by atoms with Crippen LogP contribution in [0.5, 0.6) is 0 Å². The molecule has 1 aliphatic rings. The molecule has 0 bridgehead atoms. The molecule has 0 aliphatic carbocycles. The molecule has 0 radical (unpaired) electrons. The lowest BCUT2D eigenvalue weighted by Gasteiger charge is -2.44. The topological polar surface area (TPSA) is 72.8 Å². The molecule has 1 amide bonds. The van der Waals surface area contributed by atoms with Crippen LogP contribution in [0.2, 0.25) is 0 Å². The molecule has 0 spiro atoms. The van der Waals surface area contributed by atoms with Crippen molar-refractivity contribution in [3.63, 3.8) is 0 Å². The van der Waals surface area contributed by atoms with Crippen molar-refractivity contribution in [3.8, 4) is 6.07 Å². The average molecular weight is 457 g/mol. The number of rotatable bonds is 8. The van der Waals surface area contributed by atoms with Crippen LogP contribution in [0.25, 0.3) is 0 Å². The number of piperazine rings is 1. The van der Waals surface area contributed by atoms with Gasteiger partial charge >= 0.3 is 5.91 Å². The van der Waals surface area contributed by atoms with E-state index in [0.717, 1.165) is 55.8 Å². The maximum absolute atomic E-state index is 14.0. The van der Waals surface area contributed by atoms with E-state index in [4.69, 9.17) is 5.26 Å². The third-order valence-electron chi connectivity index (χ3n) is 7.35. The van der Waals surface area contributed by atoms with Crippen molar-refractivity contribution >= 4 is 11.6 Å². The molecule has 34 heavy (non-hydrogen) atoms. The molecular formula is C28H34N5O+. The fraction of sp³-hybridized carbons (Fsp3) is 0.393. The van der Waals surface area contributed by atoms with Gasteiger partial charge in [0.05, 0.1) is 36.2 Å². The van der Waals surface area contributed by atoms with E-state index in [2.05, 4.69) is 59.9 Å². The van der Waals surface area contributed by atoms with E-state index in [1.165, 1.54) is 11.1 Å². The molecule has 1 fully saturated rings. The van der Waals surface area contributed by atoms with Crippen molar-refractivity contribution in [2.24, 2.45) is 0 Å². The second-order valence-electron chi connectivity index (χ2n) is 9.39. The van der Waals surface area contributed by atoms with Gasteiger partial charge in [-0.15, -0.1) is 0 Å². The number of imidazole rings is 1. The highest BCUT2D eigenvalue weighted by Crippen LogP contribution is 2.35. The summed E-state index contributed by atoms with van der Waals surface area (Å²) < 4.78 is 0.435. The minimum atomic E-state index is 0.0198. The smallest absolute Gasteiger partial charge is 0.332 e. The van der Waals surface area contributed by atoms with E-state index < -0.39 is 0 Å². The highest BCUT2D eigenvalue weighted by molar-refractivity contribution is 5.91. The summed E-state index contributed by atoms with van der Waals surface area (Å²) in [5.74, 6) is 0.262. The van der Waals surface area contributed by atoms with E-state index in [-0.39, 0.29) is 11.9 Å². The number of hydrogen-bond donors (Lipinski definition) is 1. The van der Waals surface area contributed by atoms with E-state index >= 15 is 0 Å². The first-order valence-corrected chi connectivity index (χ1v) is 12.2. The standard InChI is InChI=1S/C28H34N5O/c1-4-5-14-33(27-8-6-7-21(2)22(27)3)15-13-32(19-28(33)34)26(25-18-30-20-31-25)16-23-9-11-24(17-29)12-10-23/h6-12,18,20,26H,4-5,13-16,19H2,1-3H3,(H,30,31)/q+1/t26?,33-/m0/s1. The van der Waals surface area contributed by atoms with E-state index in [0.29, 0.717) is 16.6 Å². The van der Waals surface area contributed by atoms with Crippen LogP contribution in [0.1, 0.15) is 53.8 Å². The van der Waals surface area contributed by atoms with E-state index in [9.17, 15) is 4.79 Å². The van der Waals surface area contributed by atoms with Gasteiger partial charge in [-0.2, -0.15) is 5.26 Å². The molecule has 4 rings (SSSR count). The number of nitriles is 1. The first kappa shape index (κ1) is 23.9. The molecule has 1 N–H and O–H groups in total. The van der Waals surface area contributed by atoms with Crippen LogP contribution < -0.4 is 4.48 Å². The van der Waals surface area contributed by atoms with Gasteiger partial charge in [-0.1, -0.05) is 37.6 Å². The summed E-state index contributed by atoms with van der Waals surface area (Å²) in [6.07, 6.45) is 6.40. The molecule has 0 saturated carbocycles. The number of aryl methyl sites for hydroxylation is 1. The largest absolute Gasteiger partial charge is 0.347 e. The number of aromatic amines is 1. The van der Waals surface area contributed by atoms with Crippen molar-refractivity contribution in [1.82, 2.24) is 19.4 Å². The van der Waals surface area contributed by atoms with Crippen molar-refractivity contribution in [2.45, 2.75) is 46.1 Å². The van der Waals surface area contributed by atoms with Crippen LogP contribution in [-0.2, 0) is 11.2 Å². The normalized spacial score (nSPS) is 19.6. The predicted octanol–water partition coefficient (Wildman–Crippen LogP) is 4.83. The number of quaternary nitrogens is 1. The summed E-state index contributed by atoms with van der Waals surface area (Å²) in [6.45, 7) is 9.29. The summed E-state index contributed by atoms with van der Waals surface area (Å²) in [5.41, 5.74) is 6.42. The van der Waals surface area contributed by atoms with Crippen LogP contribution in [0.3, 0.4) is 0 Å². The number of benzene rings is 2. The molecule has 6 heteroatoms. The van der Waals surface area contributed by atoms with Crippen LogP contribution in [-0.4, -0.2) is 47.0 Å². The van der Waals surface area contributed by atoms with Gasteiger partial charge in [-0.25, -0.2) is 14.3 Å². The van der Waals surface area contributed by atoms with Gasteiger partial charge in [0, 0.05) is 18.3 Å². The fourth-order valence-electron chi connectivity index (χ4n) is 5.14. The molecule has 6 nitrogen and oxygen atoms in total. The fourth-order valence-corrected chi connectivity index (χ4v) is 5.14. The minimum Gasteiger partial charge on any atom is -0.347 e. The van der Waals surface area contributed by atoms with Gasteiger partial charge in [-0.3, -0.25) is 4.90 Å². The Hall–Kier alpha value is -3.27. The van der Waals surface area contributed by atoms with Gasteiger partial charge in [0.25, 0.3) is 0 Å². The molecule has 3 aromatic rings. The molecule has 2 heterocycles. The number of aromatic nitrogens is 2. The van der Waals surface area contributed by atoms with Crippen molar-refractivity contribution in [3.05, 3.63) is 82.9 Å². The summed E-state index contributed by atoms with van der Waals surface area (Å²) >= 11 is 0. The Balaban J connectivity index is 1.63. The van der Waals surface area contributed by atoms with Crippen LogP contribution >= 0.6 is 0 Å². The first-order valence-electron chi connectivity index (χ1n) is 12.2. The Morgan fingerprint density at radius 1 is 1.21 bits per heavy atom. The second kappa shape index (κ2) is 10.3. The lowest BCUT2D eigenvalue weighted by atomic mass is 9.98. The summed E-state index contributed by atoms with van der Waals surface area (Å²) in [6, 6.07) is 16.3. The van der Waals surface area contributed by atoms with Crippen LogP contribution in [0.15, 0.2) is 55.0 Å². The third kappa shape index (κ3) is 4.68. The Kier molecular flexibility index (Phi) is 7.26. The number of nitrogens with one attached hydrogen (secondary N) is 1. The number of H-pyrrole nitrogens is 1. The second-order valence-corrected chi connectivity index (χ2v) is 9.39. The monoisotopic (exact) mass is 456 g/mol.